The molecule has 2 rings (SSSR count). The van der Waals surface area contributed by atoms with E-state index in [0.717, 1.165) is 24.4 Å². The Morgan fingerprint density at radius 3 is 2.68 bits per heavy atom. The molecule has 0 spiro atoms. The van der Waals surface area contributed by atoms with Gasteiger partial charge in [-0.1, -0.05) is 45.6 Å². The molecule has 1 aliphatic heterocycles. The lowest BCUT2D eigenvalue weighted by molar-refractivity contribution is 0.0768. The molecular formula is C17H32N2. The maximum atomic E-state index is 3.95. The van der Waals surface area contributed by atoms with Crippen molar-refractivity contribution in [2.45, 2.75) is 64.5 Å². The summed E-state index contributed by atoms with van der Waals surface area (Å²) in [7, 11) is 0. The Morgan fingerprint density at radius 2 is 2.05 bits per heavy atom. The molecule has 3 unspecified atom stereocenters. The number of piperazine rings is 1. The quantitative estimate of drug-likeness (QED) is 0.765. The van der Waals surface area contributed by atoms with E-state index in [2.05, 4.69) is 36.7 Å². The molecule has 110 valence electrons. The van der Waals surface area contributed by atoms with Gasteiger partial charge in [-0.15, -0.1) is 6.58 Å². The van der Waals surface area contributed by atoms with Crippen molar-refractivity contribution in [2.75, 3.05) is 19.6 Å². The lowest BCUT2D eigenvalue weighted by atomic mass is 9.82. The zero-order valence-corrected chi connectivity index (χ0v) is 12.9. The number of hydrogen-bond donors (Lipinski definition) is 1. The summed E-state index contributed by atoms with van der Waals surface area (Å²) in [4.78, 5) is 2.68. The van der Waals surface area contributed by atoms with E-state index in [9.17, 15) is 0 Å². The fraction of sp³-hybridized carbons (Fsp3) is 0.882. The molecule has 3 atom stereocenters. The fourth-order valence-corrected chi connectivity index (χ4v) is 3.91. The van der Waals surface area contributed by atoms with Crippen LogP contribution in [0.5, 0.6) is 0 Å². The summed E-state index contributed by atoms with van der Waals surface area (Å²) in [5, 5.41) is 3.87. The molecule has 1 heterocycles. The summed E-state index contributed by atoms with van der Waals surface area (Å²) >= 11 is 0. The van der Waals surface area contributed by atoms with Gasteiger partial charge in [0.2, 0.25) is 0 Å². The van der Waals surface area contributed by atoms with Gasteiger partial charge in [-0.05, 0) is 24.7 Å². The Hall–Kier alpha value is -0.340. The van der Waals surface area contributed by atoms with E-state index >= 15 is 0 Å². The summed E-state index contributed by atoms with van der Waals surface area (Å²) in [6.45, 7) is 12.1. The van der Waals surface area contributed by atoms with E-state index in [-0.39, 0.29) is 0 Å². The largest absolute Gasteiger partial charge is 0.311 e. The third-order valence-electron chi connectivity index (χ3n) is 5.37. The maximum Gasteiger partial charge on any atom is 0.0250 e. The Morgan fingerprint density at radius 1 is 1.32 bits per heavy atom. The number of nitrogens with one attached hydrogen (secondary N) is 1. The van der Waals surface area contributed by atoms with Crippen molar-refractivity contribution in [3.8, 4) is 0 Å². The summed E-state index contributed by atoms with van der Waals surface area (Å²) in [5.74, 6) is 1.69. The maximum absolute atomic E-state index is 3.95. The van der Waals surface area contributed by atoms with Crippen LogP contribution in [0.2, 0.25) is 0 Å². The van der Waals surface area contributed by atoms with Crippen LogP contribution in [0.15, 0.2) is 12.7 Å². The second-order valence-electron chi connectivity index (χ2n) is 6.61. The summed E-state index contributed by atoms with van der Waals surface area (Å²) in [6.07, 6.45) is 10.6. The van der Waals surface area contributed by atoms with Crippen LogP contribution >= 0.6 is 0 Å². The van der Waals surface area contributed by atoms with Crippen LogP contribution in [0.25, 0.3) is 0 Å². The van der Waals surface area contributed by atoms with Gasteiger partial charge in [0.1, 0.15) is 0 Å². The van der Waals surface area contributed by atoms with E-state index in [4.69, 9.17) is 0 Å². The Bertz CT molecular complexity index is 270. The highest BCUT2D eigenvalue weighted by Gasteiger charge is 2.33. The van der Waals surface area contributed by atoms with Crippen LogP contribution in [0, 0.1) is 11.8 Å². The molecule has 0 aromatic carbocycles. The molecule has 0 radical (unpaired) electrons. The minimum absolute atomic E-state index is 0.697. The second-order valence-corrected chi connectivity index (χ2v) is 6.61. The minimum Gasteiger partial charge on any atom is -0.311 e. The molecule has 0 aromatic heterocycles. The first kappa shape index (κ1) is 15.1. The van der Waals surface area contributed by atoms with Gasteiger partial charge in [-0.3, -0.25) is 4.90 Å². The SMILES string of the molecule is C=CCN1CC(C2CCCCC2)NCC1C(C)CC. The molecule has 19 heavy (non-hydrogen) atoms. The van der Waals surface area contributed by atoms with Gasteiger partial charge in [0, 0.05) is 31.7 Å². The van der Waals surface area contributed by atoms with Crippen LogP contribution < -0.4 is 5.32 Å². The Balaban J connectivity index is 1.94. The van der Waals surface area contributed by atoms with Crippen LogP contribution in [0.3, 0.4) is 0 Å². The zero-order valence-electron chi connectivity index (χ0n) is 12.9. The standard InChI is InChI=1S/C17H32N2/c1-4-11-19-13-16(15-9-7-6-8-10-15)18-12-17(19)14(3)5-2/h4,14-18H,1,5-13H2,2-3H3. The second kappa shape index (κ2) is 7.44. The van der Waals surface area contributed by atoms with Crippen molar-refractivity contribution in [1.29, 1.82) is 0 Å². The summed E-state index contributed by atoms with van der Waals surface area (Å²) < 4.78 is 0. The first-order valence-corrected chi connectivity index (χ1v) is 8.34. The van der Waals surface area contributed by atoms with E-state index in [1.54, 1.807) is 0 Å². The van der Waals surface area contributed by atoms with Gasteiger partial charge in [0.15, 0.2) is 0 Å². The van der Waals surface area contributed by atoms with Crippen LogP contribution in [-0.2, 0) is 0 Å². The summed E-state index contributed by atoms with van der Waals surface area (Å²) in [5.41, 5.74) is 0. The van der Waals surface area contributed by atoms with Crippen molar-refractivity contribution >= 4 is 0 Å². The highest BCUT2D eigenvalue weighted by molar-refractivity contribution is 4.94. The lowest BCUT2D eigenvalue weighted by Gasteiger charge is -2.45. The Labute approximate surface area is 119 Å². The molecule has 0 aromatic rings. The molecular weight excluding hydrogens is 232 g/mol. The van der Waals surface area contributed by atoms with E-state index in [0.29, 0.717) is 6.04 Å². The van der Waals surface area contributed by atoms with Gasteiger partial charge < -0.3 is 5.32 Å². The number of hydrogen-bond acceptors (Lipinski definition) is 2. The van der Waals surface area contributed by atoms with Crippen molar-refractivity contribution in [2.24, 2.45) is 11.8 Å². The molecule has 2 aliphatic rings. The predicted molar refractivity (Wildman–Crippen MR) is 83.4 cm³/mol. The van der Waals surface area contributed by atoms with Crippen molar-refractivity contribution in [3.05, 3.63) is 12.7 Å². The first-order chi connectivity index (χ1) is 9.26. The third-order valence-corrected chi connectivity index (χ3v) is 5.37. The third kappa shape index (κ3) is 3.82. The van der Waals surface area contributed by atoms with E-state index in [1.165, 1.54) is 51.6 Å². The summed E-state index contributed by atoms with van der Waals surface area (Å²) in [6, 6.07) is 1.42. The van der Waals surface area contributed by atoms with E-state index in [1.807, 2.05) is 0 Å². The zero-order chi connectivity index (χ0) is 13.7. The molecule has 2 nitrogen and oxygen atoms in total. The molecule has 2 heteroatoms. The Kier molecular flexibility index (Phi) is 5.90. The van der Waals surface area contributed by atoms with Gasteiger partial charge in [0.05, 0.1) is 0 Å². The topological polar surface area (TPSA) is 15.3 Å². The molecule has 1 N–H and O–H groups in total. The molecule has 1 saturated carbocycles. The number of rotatable bonds is 5. The monoisotopic (exact) mass is 264 g/mol. The molecule has 1 aliphatic carbocycles. The van der Waals surface area contributed by atoms with Crippen LogP contribution in [-0.4, -0.2) is 36.6 Å². The lowest BCUT2D eigenvalue weighted by Crippen LogP contribution is -2.60. The highest BCUT2D eigenvalue weighted by atomic mass is 15.2. The molecule has 0 bridgehead atoms. The average Bonchev–Trinajstić information content (AvgIpc) is 2.47. The minimum atomic E-state index is 0.697. The smallest absolute Gasteiger partial charge is 0.0250 e. The van der Waals surface area contributed by atoms with Gasteiger partial charge in [-0.2, -0.15) is 0 Å². The highest BCUT2D eigenvalue weighted by Crippen LogP contribution is 2.29. The molecule has 0 amide bonds. The van der Waals surface area contributed by atoms with Crippen molar-refractivity contribution < 1.29 is 0 Å². The fourth-order valence-electron chi connectivity index (χ4n) is 3.91. The molecule has 2 fully saturated rings. The van der Waals surface area contributed by atoms with Gasteiger partial charge in [0.25, 0.3) is 0 Å². The normalized spacial score (nSPS) is 32.1. The van der Waals surface area contributed by atoms with Crippen LogP contribution in [0.1, 0.15) is 52.4 Å². The van der Waals surface area contributed by atoms with E-state index < -0.39 is 0 Å². The van der Waals surface area contributed by atoms with Crippen LogP contribution in [0.4, 0.5) is 0 Å². The van der Waals surface area contributed by atoms with Crippen molar-refractivity contribution in [3.63, 3.8) is 0 Å². The number of nitrogens with zero attached hydrogens (tertiary/aromatic N) is 1. The van der Waals surface area contributed by atoms with Gasteiger partial charge >= 0.3 is 0 Å². The first-order valence-electron chi connectivity index (χ1n) is 8.34. The average molecular weight is 264 g/mol. The van der Waals surface area contributed by atoms with Crippen molar-refractivity contribution in [1.82, 2.24) is 10.2 Å². The predicted octanol–water partition coefficient (Wildman–Crippen LogP) is 3.44. The van der Waals surface area contributed by atoms with Gasteiger partial charge in [-0.25, -0.2) is 0 Å². The molecule has 1 saturated heterocycles.